The van der Waals surface area contributed by atoms with Gasteiger partial charge in [-0.1, -0.05) is 24.3 Å². The lowest BCUT2D eigenvalue weighted by Crippen LogP contribution is -2.23. The summed E-state index contributed by atoms with van der Waals surface area (Å²) in [6.45, 7) is 1.93. The Morgan fingerprint density at radius 3 is 2.64 bits per heavy atom. The maximum atomic E-state index is 11.5. The van der Waals surface area contributed by atoms with Crippen LogP contribution in [0.25, 0.3) is 0 Å². The molecule has 2 aromatic carbocycles. The van der Waals surface area contributed by atoms with Crippen molar-refractivity contribution in [2.75, 3.05) is 17.3 Å². The van der Waals surface area contributed by atoms with Crippen molar-refractivity contribution in [3.63, 3.8) is 0 Å². The molecule has 0 aliphatic rings. The van der Waals surface area contributed by atoms with Crippen molar-refractivity contribution in [1.29, 1.82) is 0 Å². The van der Waals surface area contributed by atoms with Crippen LogP contribution in [0.4, 0.5) is 17.1 Å². The average molecular weight is 299 g/mol. The van der Waals surface area contributed by atoms with Crippen LogP contribution in [0.2, 0.25) is 0 Å². The molecular formula is C16H17N3O3. The summed E-state index contributed by atoms with van der Waals surface area (Å²) in [4.78, 5) is 23.4. The van der Waals surface area contributed by atoms with Gasteiger partial charge in [0, 0.05) is 32.6 Å². The van der Waals surface area contributed by atoms with Gasteiger partial charge in [-0.05, 0) is 17.7 Å². The Balaban J connectivity index is 2.17. The highest BCUT2D eigenvalue weighted by atomic mass is 16.6. The van der Waals surface area contributed by atoms with Gasteiger partial charge in [0.1, 0.15) is 0 Å². The van der Waals surface area contributed by atoms with Gasteiger partial charge in [0.15, 0.2) is 0 Å². The van der Waals surface area contributed by atoms with E-state index in [9.17, 15) is 14.9 Å². The van der Waals surface area contributed by atoms with Crippen LogP contribution in [-0.2, 0) is 11.3 Å². The second-order valence-electron chi connectivity index (χ2n) is 4.88. The first-order valence-electron chi connectivity index (χ1n) is 6.79. The summed E-state index contributed by atoms with van der Waals surface area (Å²) >= 11 is 0. The number of benzene rings is 2. The second kappa shape index (κ2) is 6.71. The number of hydrogen-bond donors (Lipinski definition) is 1. The molecule has 0 spiro atoms. The van der Waals surface area contributed by atoms with E-state index in [4.69, 9.17) is 0 Å². The van der Waals surface area contributed by atoms with Crippen LogP contribution in [0.5, 0.6) is 0 Å². The van der Waals surface area contributed by atoms with Crippen LogP contribution >= 0.6 is 0 Å². The molecule has 2 rings (SSSR count). The van der Waals surface area contributed by atoms with Crippen LogP contribution in [0.1, 0.15) is 12.5 Å². The van der Waals surface area contributed by atoms with Gasteiger partial charge in [0.05, 0.1) is 16.3 Å². The van der Waals surface area contributed by atoms with Crippen molar-refractivity contribution in [3.05, 3.63) is 64.2 Å². The Morgan fingerprint density at radius 2 is 1.95 bits per heavy atom. The minimum atomic E-state index is -0.416. The van der Waals surface area contributed by atoms with Gasteiger partial charge >= 0.3 is 0 Å². The number of nitro benzene ring substituents is 1. The molecule has 1 amide bonds. The first kappa shape index (κ1) is 15.5. The number of amides is 1. The van der Waals surface area contributed by atoms with Gasteiger partial charge in [0.2, 0.25) is 5.91 Å². The Bertz CT molecular complexity index is 701. The zero-order valence-electron chi connectivity index (χ0n) is 12.4. The molecule has 0 unspecified atom stereocenters. The molecule has 0 aliphatic carbocycles. The SMILES string of the molecule is CC(=O)N(C)c1ccccc1NCc1cccc([N+](=O)[O-])c1. The standard InChI is InChI=1S/C16H17N3O3/c1-12(20)18(2)16-9-4-3-8-15(16)17-11-13-6-5-7-14(10-13)19(21)22/h3-10,17H,11H2,1-2H3. The zero-order chi connectivity index (χ0) is 16.1. The molecule has 0 atom stereocenters. The number of rotatable bonds is 5. The molecule has 0 saturated heterocycles. The topological polar surface area (TPSA) is 75.5 Å². The number of nitro groups is 1. The summed E-state index contributed by atoms with van der Waals surface area (Å²) in [5.41, 5.74) is 2.43. The maximum absolute atomic E-state index is 11.5. The number of para-hydroxylation sites is 2. The lowest BCUT2D eigenvalue weighted by Gasteiger charge is -2.19. The Hall–Kier alpha value is -2.89. The fourth-order valence-electron chi connectivity index (χ4n) is 2.06. The van der Waals surface area contributed by atoms with Gasteiger partial charge in [0.25, 0.3) is 5.69 Å². The van der Waals surface area contributed by atoms with Gasteiger partial charge in [-0.3, -0.25) is 14.9 Å². The highest BCUT2D eigenvalue weighted by molar-refractivity contribution is 5.94. The molecule has 0 saturated carbocycles. The fraction of sp³-hybridized carbons (Fsp3) is 0.188. The molecule has 0 bridgehead atoms. The fourth-order valence-corrected chi connectivity index (χ4v) is 2.06. The van der Waals surface area contributed by atoms with Gasteiger partial charge in [-0.15, -0.1) is 0 Å². The molecule has 0 fully saturated rings. The van der Waals surface area contributed by atoms with E-state index in [2.05, 4.69) is 5.32 Å². The quantitative estimate of drug-likeness (QED) is 0.679. The minimum Gasteiger partial charge on any atom is -0.379 e. The Morgan fingerprint density at radius 1 is 1.23 bits per heavy atom. The van der Waals surface area contributed by atoms with Crippen LogP contribution in [0.15, 0.2) is 48.5 Å². The number of non-ortho nitro benzene ring substituents is 1. The van der Waals surface area contributed by atoms with E-state index in [0.29, 0.717) is 6.54 Å². The van der Waals surface area contributed by atoms with Gasteiger partial charge in [-0.25, -0.2) is 0 Å². The Kier molecular flexibility index (Phi) is 4.73. The molecule has 6 nitrogen and oxygen atoms in total. The van der Waals surface area contributed by atoms with Crippen molar-refractivity contribution in [3.8, 4) is 0 Å². The monoisotopic (exact) mass is 299 g/mol. The molecule has 0 aliphatic heterocycles. The molecule has 0 radical (unpaired) electrons. The molecule has 114 valence electrons. The first-order valence-corrected chi connectivity index (χ1v) is 6.79. The summed E-state index contributed by atoms with van der Waals surface area (Å²) in [6.07, 6.45) is 0. The van der Waals surface area contributed by atoms with E-state index < -0.39 is 4.92 Å². The zero-order valence-corrected chi connectivity index (χ0v) is 12.4. The highest BCUT2D eigenvalue weighted by Crippen LogP contribution is 2.25. The third-order valence-electron chi connectivity index (χ3n) is 3.34. The van der Waals surface area contributed by atoms with Crippen LogP contribution in [-0.4, -0.2) is 17.9 Å². The molecular weight excluding hydrogens is 282 g/mol. The van der Waals surface area contributed by atoms with E-state index in [-0.39, 0.29) is 11.6 Å². The predicted molar refractivity (Wildman–Crippen MR) is 85.9 cm³/mol. The lowest BCUT2D eigenvalue weighted by molar-refractivity contribution is -0.384. The number of hydrogen-bond acceptors (Lipinski definition) is 4. The maximum Gasteiger partial charge on any atom is 0.269 e. The van der Waals surface area contributed by atoms with E-state index >= 15 is 0 Å². The normalized spacial score (nSPS) is 10.1. The highest BCUT2D eigenvalue weighted by Gasteiger charge is 2.11. The predicted octanol–water partition coefficient (Wildman–Crippen LogP) is 3.19. The molecule has 2 aromatic rings. The van der Waals surface area contributed by atoms with Crippen molar-refractivity contribution < 1.29 is 9.72 Å². The second-order valence-corrected chi connectivity index (χ2v) is 4.88. The summed E-state index contributed by atoms with van der Waals surface area (Å²) in [5, 5.41) is 14.0. The number of carbonyl (C=O) groups excluding carboxylic acids is 1. The van der Waals surface area contributed by atoms with Crippen molar-refractivity contribution in [2.45, 2.75) is 13.5 Å². The average Bonchev–Trinajstić information content (AvgIpc) is 2.52. The summed E-state index contributed by atoms with van der Waals surface area (Å²) in [6, 6.07) is 13.9. The summed E-state index contributed by atoms with van der Waals surface area (Å²) in [5.74, 6) is -0.0652. The largest absolute Gasteiger partial charge is 0.379 e. The molecule has 0 aromatic heterocycles. The van der Waals surface area contributed by atoms with Crippen molar-refractivity contribution >= 4 is 23.0 Å². The third-order valence-corrected chi connectivity index (χ3v) is 3.34. The number of nitrogens with zero attached hydrogens (tertiary/aromatic N) is 2. The third kappa shape index (κ3) is 3.60. The van der Waals surface area contributed by atoms with Crippen molar-refractivity contribution in [2.24, 2.45) is 0 Å². The van der Waals surface area contributed by atoms with Crippen LogP contribution in [0.3, 0.4) is 0 Å². The molecule has 0 heterocycles. The lowest BCUT2D eigenvalue weighted by atomic mass is 10.2. The van der Waals surface area contributed by atoms with E-state index in [1.165, 1.54) is 19.1 Å². The Labute approximate surface area is 128 Å². The van der Waals surface area contributed by atoms with E-state index in [0.717, 1.165) is 16.9 Å². The smallest absolute Gasteiger partial charge is 0.269 e. The number of carbonyl (C=O) groups is 1. The molecule has 22 heavy (non-hydrogen) atoms. The van der Waals surface area contributed by atoms with E-state index in [1.807, 2.05) is 30.3 Å². The summed E-state index contributed by atoms with van der Waals surface area (Å²) in [7, 11) is 1.70. The van der Waals surface area contributed by atoms with E-state index in [1.54, 1.807) is 18.0 Å². The number of nitrogens with one attached hydrogen (secondary N) is 1. The number of anilines is 2. The van der Waals surface area contributed by atoms with Crippen LogP contribution in [0, 0.1) is 10.1 Å². The van der Waals surface area contributed by atoms with Gasteiger partial charge < -0.3 is 10.2 Å². The minimum absolute atomic E-state index is 0.0634. The van der Waals surface area contributed by atoms with Crippen molar-refractivity contribution in [1.82, 2.24) is 0 Å². The van der Waals surface area contributed by atoms with Crippen LogP contribution < -0.4 is 10.2 Å². The molecule has 1 N–H and O–H groups in total. The van der Waals surface area contributed by atoms with Gasteiger partial charge in [-0.2, -0.15) is 0 Å². The summed E-state index contributed by atoms with van der Waals surface area (Å²) < 4.78 is 0. The first-order chi connectivity index (χ1) is 10.5. The molecule has 6 heteroatoms.